The van der Waals surface area contributed by atoms with Crippen LogP contribution in [0.1, 0.15) is 65.7 Å². The van der Waals surface area contributed by atoms with Gasteiger partial charge in [0, 0.05) is 80.0 Å². The molecule has 2 bridgehead atoms. The van der Waals surface area contributed by atoms with Crippen molar-refractivity contribution < 1.29 is 37.8 Å². The Balaban J connectivity index is 0.724. The lowest BCUT2D eigenvalue weighted by atomic mass is 9.87. The Morgan fingerprint density at radius 3 is 2.54 bits per heavy atom. The number of hydrogen-bond acceptors (Lipinski definition) is 13. The Hall–Kier alpha value is -6.01. The van der Waals surface area contributed by atoms with E-state index in [-0.39, 0.29) is 35.9 Å². The Bertz CT molecular complexity index is 2600. The zero-order chi connectivity index (χ0) is 44.8. The number of ether oxygens (including phenoxy) is 2. The highest BCUT2D eigenvalue weighted by Crippen LogP contribution is 2.38. The lowest BCUT2D eigenvalue weighted by Crippen LogP contribution is -2.63. The van der Waals surface area contributed by atoms with Gasteiger partial charge < -0.3 is 25.0 Å². The van der Waals surface area contributed by atoms with Crippen LogP contribution in [0, 0.1) is 11.7 Å². The number of likely N-dealkylation sites (tertiary alicyclic amines) is 1. The molecule has 8 heterocycles. The van der Waals surface area contributed by atoms with Crippen molar-refractivity contribution in [3.8, 4) is 5.75 Å². The van der Waals surface area contributed by atoms with Gasteiger partial charge in [-0.15, -0.1) is 0 Å². The van der Waals surface area contributed by atoms with Gasteiger partial charge in [0.15, 0.2) is 0 Å². The van der Waals surface area contributed by atoms with E-state index in [2.05, 4.69) is 40.6 Å². The van der Waals surface area contributed by atoms with Crippen LogP contribution < -0.4 is 25.6 Å². The van der Waals surface area contributed by atoms with Gasteiger partial charge in [0.05, 0.1) is 40.6 Å². The van der Waals surface area contributed by atoms with E-state index in [1.54, 1.807) is 36.4 Å². The smallest absolute Gasteiger partial charge is 0.262 e. The molecule has 1 aromatic heterocycles. The largest absolute Gasteiger partial charge is 0.486 e. The van der Waals surface area contributed by atoms with Crippen molar-refractivity contribution in [2.45, 2.75) is 69.2 Å². The van der Waals surface area contributed by atoms with Crippen LogP contribution in [0.25, 0.3) is 10.9 Å². The number of nitrogens with one attached hydrogen (secondary N) is 3. The zero-order valence-corrected chi connectivity index (χ0v) is 36.4. The predicted octanol–water partition coefficient (Wildman–Crippen LogP) is 5.29. The summed E-state index contributed by atoms with van der Waals surface area (Å²) in [5.74, 6) is -1.32. The van der Waals surface area contributed by atoms with E-state index in [9.17, 15) is 28.4 Å². The molecule has 16 nitrogen and oxygen atoms in total. The summed E-state index contributed by atoms with van der Waals surface area (Å²) < 4.78 is 25.7. The fraction of sp³-hybridized carbons (Fsp3) is 0.426. The van der Waals surface area contributed by atoms with Crippen molar-refractivity contribution in [3.05, 3.63) is 89.0 Å². The molecule has 4 aromatic rings. The molecule has 65 heavy (non-hydrogen) atoms. The molecule has 0 spiro atoms. The Morgan fingerprint density at radius 2 is 1.77 bits per heavy atom. The maximum absolute atomic E-state index is 13.8. The predicted molar refractivity (Wildman–Crippen MR) is 240 cm³/mol. The van der Waals surface area contributed by atoms with E-state index < -0.39 is 35.5 Å². The van der Waals surface area contributed by atoms with Crippen LogP contribution in [-0.2, 0) is 19.1 Å². The highest BCUT2D eigenvalue weighted by atomic mass is 35.5. The van der Waals surface area contributed by atoms with Gasteiger partial charge in [0.25, 0.3) is 11.8 Å². The fourth-order valence-corrected chi connectivity index (χ4v) is 10.3. The molecule has 11 rings (SSSR count). The minimum Gasteiger partial charge on any atom is -0.486 e. The van der Waals surface area contributed by atoms with Crippen molar-refractivity contribution in [2.24, 2.45) is 5.92 Å². The van der Waals surface area contributed by atoms with E-state index in [0.717, 1.165) is 75.4 Å². The maximum Gasteiger partial charge on any atom is 0.262 e. The average Bonchev–Trinajstić information content (AvgIpc) is 3.91. The first-order valence-corrected chi connectivity index (χ1v) is 22.7. The SMILES string of the molecule is O=C(/C=C/CN1CCC(CN2CC3CCC2CN3c2ccc3c(c2)C(=O)N(C2CCC(=O)NC2=O)C3=O)CC1)Nc1cc2c(Nc3ccc(F)c(Cl)c3)ncnc2cc1O[C@H]1CCOC1. The topological polar surface area (TPSA) is 179 Å². The third-order valence-electron chi connectivity index (χ3n) is 13.6. The fourth-order valence-electron chi connectivity index (χ4n) is 10.1. The number of fused-ring (bicyclic) bond motifs is 5. The van der Waals surface area contributed by atoms with Crippen LogP contribution >= 0.6 is 11.6 Å². The van der Waals surface area contributed by atoms with Crippen molar-refractivity contribution in [2.75, 3.05) is 68.0 Å². The number of nitrogens with zero attached hydrogens (tertiary/aromatic N) is 6. The van der Waals surface area contributed by atoms with E-state index >= 15 is 0 Å². The monoisotopic (exact) mass is 905 g/mol. The summed E-state index contributed by atoms with van der Waals surface area (Å²) in [6.07, 6.45) is 9.93. The first-order chi connectivity index (χ1) is 31.5. The number of anilines is 4. The van der Waals surface area contributed by atoms with Gasteiger partial charge in [-0.25, -0.2) is 14.4 Å². The average molecular weight is 906 g/mol. The summed E-state index contributed by atoms with van der Waals surface area (Å²) in [5.41, 5.74) is 3.11. The molecule has 4 atom stereocenters. The van der Waals surface area contributed by atoms with Gasteiger partial charge in [-0.05, 0) is 93.6 Å². The second kappa shape index (κ2) is 18.1. The summed E-state index contributed by atoms with van der Waals surface area (Å²) in [6.45, 7) is 6.36. The molecule has 3 unspecified atom stereocenters. The van der Waals surface area contributed by atoms with E-state index in [1.807, 2.05) is 12.1 Å². The Kier molecular flexibility index (Phi) is 12.0. The van der Waals surface area contributed by atoms with Crippen LogP contribution in [0.3, 0.4) is 0 Å². The summed E-state index contributed by atoms with van der Waals surface area (Å²) in [7, 11) is 0. The molecule has 6 fully saturated rings. The van der Waals surface area contributed by atoms with E-state index in [4.69, 9.17) is 21.1 Å². The van der Waals surface area contributed by atoms with E-state index in [0.29, 0.717) is 76.7 Å². The van der Waals surface area contributed by atoms with Gasteiger partial charge in [-0.2, -0.15) is 0 Å². The molecular weight excluding hydrogens is 857 g/mol. The molecule has 0 saturated carbocycles. The molecular formula is C47H49ClFN9O7. The number of piperidine rings is 4. The molecule has 3 aromatic carbocycles. The normalized spacial score (nSPS) is 24.0. The van der Waals surface area contributed by atoms with Crippen LogP contribution in [0.4, 0.5) is 27.3 Å². The highest BCUT2D eigenvalue weighted by molar-refractivity contribution is 6.31. The molecule has 338 valence electrons. The lowest BCUT2D eigenvalue weighted by molar-refractivity contribution is -0.136. The summed E-state index contributed by atoms with van der Waals surface area (Å²) in [5, 5.41) is 9.05. The molecule has 18 heteroatoms. The highest BCUT2D eigenvalue weighted by Gasteiger charge is 2.46. The summed E-state index contributed by atoms with van der Waals surface area (Å²) in [6, 6.07) is 13.0. The maximum atomic E-state index is 13.8. The number of carbonyl (C=O) groups is 5. The molecule has 3 N–H and O–H groups in total. The third kappa shape index (κ3) is 8.89. The number of hydrogen-bond donors (Lipinski definition) is 3. The minimum absolute atomic E-state index is 0.0230. The van der Waals surface area contributed by atoms with Gasteiger partial charge in [0.1, 0.15) is 35.9 Å². The van der Waals surface area contributed by atoms with E-state index in [1.165, 1.54) is 18.5 Å². The molecule has 6 saturated heterocycles. The molecule has 5 amide bonds. The summed E-state index contributed by atoms with van der Waals surface area (Å²) >= 11 is 6.03. The Morgan fingerprint density at radius 1 is 0.938 bits per heavy atom. The van der Waals surface area contributed by atoms with Gasteiger partial charge in [0.2, 0.25) is 17.7 Å². The van der Waals surface area contributed by atoms with Crippen LogP contribution in [0.15, 0.2) is 67.0 Å². The zero-order valence-electron chi connectivity index (χ0n) is 35.6. The number of imide groups is 2. The van der Waals surface area contributed by atoms with Crippen molar-refractivity contribution in [3.63, 3.8) is 0 Å². The Labute approximate surface area is 379 Å². The van der Waals surface area contributed by atoms with Crippen LogP contribution in [0.5, 0.6) is 5.75 Å². The number of piperazine rings is 1. The number of carbonyl (C=O) groups excluding carboxylic acids is 5. The minimum atomic E-state index is -0.985. The first kappa shape index (κ1) is 42.9. The van der Waals surface area contributed by atoms with Gasteiger partial charge in [-0.1, -0.05) is 17.7 Å². The number of halogens is 2. The molecule has 0 radical (unpaired) electrons. The number of amides is 5. The number of aromatic nitrogens is 2. The lowest BCUT2D eigenvalue weighted by Gasteiger charge is -2.53. The van der Waals surface area contributed by atoms with Gasteiger partial charge >= 0.3 is 0 Å². The second-order valence-corrected chi connectivity index (χ2v) is 18.2. The van der Waals surface area contributed by atoms with Crippen molar-refractivity contribution >= 4 is 74.9 Å². The number of rotatable bonds is 12. The summed E-state index contributed by atoms with van der Waals surface area (Å²) in [4.78, 5) is 81.7. The quantitative estimate of drug-likeness (QED) is 0.124. The van der Waals surface area contributed by atoms with Crippen molar-refractivity contribution in [1.29, 1.82) is 0 Å². The van der Waals surface area contributed by atoms with Crippen LogP contribution in [-0.4, -0.2) is 131 Å². The van der Waals surface area contributed by atoms with Crippen molar-refractivity contribution in [1.82, 2.24) is 30.0 Å². The van der Waals surface area contributed by atoms with Gasteiger partial charge in [-0.3, -0.25) is 44.0 Å². The number of benzene rings is 3. The standard InChI is InChI=1S/C47H49ClFN9O7/c48-36-18-28(3-8-37(36)49)52-44-35-20-39(41(21-38(35)50-26-51-44)65-32-13-17-64-25-32)53-42(59)2-1-14-55-15-11-27(12-16-55)22-56-23-31-5-4-30(56)24-57(31)29-6-7-33-34(19-29)47(63)58(46(33)62)40-9-10-43(60)54-45(40)61/h1-3,6-8,18-21,26-27,30-32,40H,4-5,9-17,22-25H2,(H,53,59)(H,50,51,52)(H,54,60,61)/b2-1+/t30?,31?,32-,40?/m0/s1. The third-order valence-corrected chi connectivity index (χ3v) is 13.9. The first-order valence-electron chi connectivity index (χ1n) is 22.4. The second-order valence-electron chi connectivity index (χ2n) is 17.7. The van der Waals surface area contributed by atoms with Crippen LogP contribution in [0.2, 0.25) is 5.02 Å². The molecule has 7 aliphatic rings. The molecule has 7 aliphatic heterocycles. The molecule has 0 aliphatic carbocycles.